The van der Waals surface area contributed by atoms with E-state index >= 15 is 0 Å². The molecule has 0 aliphatic carbocycles. The molecule has 2 fully saturated rings. The number of hydrogen-bond donors (Lipinski definition) is 1. The number of amides is 2. The van der Waals surface area contributed by atoms with Crippen molar-refractivity contribution < 1.29 is 19.1 Å². The largest absolute Gasteiger partial charge is 0.497 e. The molecule has 2 heterocycles. The van der Waals surface area contributed by atoms with Gasteiger partial charge in [-0.25, -0.2) is 0 Å². The quantitative estimate of drug-likeness (QED) is 0.824. The molecule has 2 amide bonds. The predicted molar refractivity (Wildman–Crippen MR) is 106 cm³/mol. The Morgan fingerprint density at radius 2 is 1.86 bits per heavy atom. The number of nitrogens with zero attached hydrogens (tertiary/aromatic N) is 2. The maximum Gasteiger partial charge on any atom is 0.235 e. The molecule has 1 atom stereocenters. The molecule has 7 heteroatoms. The van der Waals surface area contributed by atoms with E-state index in [9.17, 15) is 9.59 Å². The standard InChI is InChI=1S/C21H31N3O4/c1-23-10-4-7-21(19(23)20(22)26)8-11-24(12-9-21)18(25)14-15-13-16(27-2)5-6-17(15)28-3/h5-6,13,19H,4,7-12,14H2,1-3H3,(H2,22,26). The van der Waals surface area contributed by atoms with Crippen molar-refractivity contribution in [3.63, 3.8) is 0 Å². The zero-order valence-corrected chi connectivity index (χ0v) is 17.1. The van der Waals surface area contributed by atoms with E-state index in [0.29, 0.717) is 24.6 Å². The van der Waals surface area contributed by atoms with Crippen LogP contribution >= 0.6 is 0 Å². The highest BCUT2D eigenvalue weighted by atomic mass is 16.5. The highest BCUT2D eigenvalue weighted by molar-refractivity contribution is 5.82. The van der Waals surface area contributed by atoms with Crippen molar-refractivity contribution in [2.75, 3.05) is 40.9 Å². The summed E-state index contributed by atoms with van der Waals surface area (Å²) in [6.07, 6.45) is 3.95. The number of carbonyl (C=O) groups is 2. The first-order valence-electron chi connectivity index (χ1n) is 9.88. The van der Waals surface area contributed by atoms with Crippen molar-refractivity contribution in [2.45, 2.75) is 38.1 Å². The Kier molecular flexibility index (Phi) is 6.13. The van der Waals surface area contributed by atoms with Gasteiger partial charge in [0.05, 0.1) is 26.7 Å². The van der Waals surface area contributed by atoms with E-state index in [4.69, 9.17) is 15.2 Å². The van der Waals surface area contributed by atoms with E-state index < -0.39 is 0 Å². The smallest absolute Gasteiger partial charge is 0.235 e. The number of likely N-dealkylation sites (N-methyl/N-ethyl adjacent to an activating group) is 1. The molecule has 0 radical (unpaired) electrons. The number of methoxy groups -OCH3 is 2. The van der Waals surface area contributed by atoms with Crippen LogP contribution in [0.5, 0.6) is 11.5 Å². The molecule has 28 heavy (non-hydrogen) atoms. The summed E-state index contributed by atoms with van der Waals surface area (Å²) in [5.74, 6) is 1.21. The Hall–Kier alpha value is -2.28. The van der Waals surface area contributed by atoms with Gasteiger partial charge in [0.1, 0.15) is 11.5 Å². The van der Waals surface area contributed by atoms with Gasteiger partial charge in [-0.05, 0) is 62.9 Å². The Balaban J connectivity index is 1.68. The molecule has 1 spiro atoms. The van der Waals surface area contributed by atoms with Gasteiger partial charge < -0.3 is 20.1 Å². The maximum atomic E-state index is 12.9. The number of likely N-dealkylation sites (tertiary alicyclic amines) is 2. The summed E-state index contributed by atoms with van der Waals surface area (Å²) in [5, 5.41) is 0. The first kappa shape index (κ1) is 20.5. The molecule has 3 rings (SSSR count). The minimum absolute atomic E-state index is 0.0705. The molecule has 1 aromatic carbocycles. The minimum Gasteiger partial charge on any atom is -0.497 e. The lowest BCUT2D eigenvalue weighted by Gasteiger charge is -2.51. The van der Waals surface area contributed by atoms with Gasteiger partial charge in [-0.15, -0.1) is 0 Å². The van der Waals surface area contributed by atoms with Crippen LogP contribution in [0.15, 0.2) is 18.2 Å². The molecular formula is C21H31N3O4. The fraction of sp³-hybridized carbons (Fsp3) is 0.619. The lowest BCUT2D eigenvalue weighted by atomic mass is 9.66. The van der Waals surface area contributed by atoms with Gasteiger partial charge in [-0.1, -0.05) is 0 Å². The SMILES string of the molecule is COc1ccc(OC)c(CC(=O)N2CCC3(CCCN(C)C3C(N)=O)CC2)c1. The van der Waals surface area contributed by atoms with Crippen LogP contribution in [0.1, 0.15) is 31.2 Å². The molecule has 2 aliphatic heterocycles. The Morgan fingerprint density at radius 1 is 1.14 bits per heavy atom. The number of piperidine rings is 2. The van der Waals surface area contributed by atoms with E-state index in [-0.39, 0.29) is 29.7 Å². The van der Waals surface area contributed by atoms with Crippen molar-refractivity contribution in [1.29, 1.82) is 0 Å². The van der Waals surface area contributed by atoms with Crippen molar-refractivity contribution in [3.8, 4) is 11.5 Å². The second-order valence-electron chi connectivity index (χ2n) is 7.99. The van der Waals surface area contributed by atoms with Crippen LogP contribution in [0, 0.1) is 5.41 Å². The van der Waals surface area contributed by atoms with Crippen LogP contribution in [0.25, 0.3) is 0 Å². The van der Waals surface area contributed by atoms with E-state index in [1.807, 2.05) is 30.1 Å². The zero-order valence-electron chi connectivity index (χ0n) is 17.1. The van der Waals surface area contributed by atoms with Crippen molar-refractivity contribution in [3.05, 3.63) is 23.8 Å². The van der Waals surface area contributed by atoms with Crippen LogP contribution in [0.2, 0.25) is 0 Å². The van der Waals surface area contributed by atoms with E-state index in [1.165, 1.54) is 0 Å². The fourth-order valence-electron chi connectivity index (χ4n) is 4.95. The Bertz CT molecular complexity index is 728. The third-order valence-electron chi connectivity index (χ3n) is 6.42. The molecule has 154 valence electrons. The third kappa shape index (κ3) is 3.94. The molecule has 0 bridgehead atoms. The highest BCUT2D eigenvalue weighted by Crippen LogP contribution is 2.44. The normalized spacial score (nSPS) is 22.1. The molecular weight excluding hydrogens is 358 g/mol. The number of primary amides is 1. The number of hydrogen-bond acceptors (Lipinski definition) is 5. The van der Waals surface area contributed by atoms with Crippen LogP contribution in [-0.4, -0.2) is 68.6 Å². The summed E-state index contributed by atoms with van der Waals surface area (Å²) in [4.78, 5) is 29.0. The minimum atomic E-state index is -0.247. The van der Waals surface area contributed by atoms with E-state index in [0.717, 1.165) is 37.8 Å². The van der Waals surface area contributed by atoms with Gasteiger partial charge in [0.25, 0.3) is 0 Å². The summed E-state index contributed by atoms with van der Waals surface area (Å²) < 4.78 is 10.7. The summed E-state index contributed by atoms with van der Waals surface area (Å²) in [6, 6.07) is 5.25. The highest BCUT2D eigenvalue weighted by Gasteiger charge is 2.48. The summed E-state index contributed by atoms with van der Waals surface area (Å²) in [7, 11) is 5.18. The number of ether oxygens (including phenoxy) is 2. The van der Waals surface area contributed by atoms with Crippen molar-refractivity contribution >= 4 is 11.8 Å². The Morgan fingerprint density at radius 3 is 2.46 bits per heavy atom. The second-order valence-corrected chi connectivity index (χ2v) is 7.99. The van der Waals surface area contributed by atoms with Gasteiger partial charge >= 0.3 is 0 Å². The summed E-state index contributed by atoms with van der Waals surface area (Å²) >= 11 is 0. The molecule has 2 saturated heterocycles. The predicted octanol–water partition coefficient (Wildman–Crippen LogP) is 1.43. The van der Waals surface area contributed by atoms with Crippen LogP contribution in [-0.2, 0) is 16.0 Å². The molecule has 1 aromatic rings. The van der Waals surface area contributed by atoms with Crippen LogP contribution in [0.3, 0.4) is 0 Å². The van der Waals surface area contributed by atoms with Gasteiger partial charge in [0.15, 0.2) is 0 Å². The van der Waals surface area contributed by atoms with Crippen LogP contribution < -0.4 is 15.2 Å². The summed E-state index contributed by atoms with van der Waals surface area (Å²) in [6.45, 7) is 2.21. The lowest BCUT2D eigenvalue weighted by Crippen LogP contribution is -2.60. The topological polar surface area (TPSA) is 85.1 Å². The number of nitrogens with two attached hydrogens (primary N) is 1. The maximum absolute atomic E-state index is 12.9. The summed E-state index contributed by atoms with van der Waals surface area (Å²) in [5.41, 5.74) is 6.44. The first-order valence-corrected chi connectivity index (χ1v) is 9.88. The average Bonchev–Trinajstić information content (AvgIpc) is 2.68. The fourth-order valence-corrected chi connectivity index (χ4v) is 4.95. The molecule has 0 aromatic heterocycles. The van der Waals surface area contributed by atoms with E-state index in [1.54, 1.807) is 14.2 Å². The first-order chi connectivity index (χ1) is 13.4. The van der Waals surface area contributed by atoms with Gasteiger partial charge in [-0.3, -0.25) is 14.5 Å². The number of carbonyl (C=O) groups excluding carboxylic acids is 2. The van der Waals surface area contributed by atoms with E-state index in [2.05, 4.69) is 4.90 Å². The number of rotatable bonds is 5. The average molecular weight is 389 g/mol. The van der Waals surface area contributed by atoms with Gasteiger partial charge in [-0.2, -0.15) is 0 Å². The monoisotopic (exact) mass is 389 g/mol. The second kappa shape index (κ2) is 8.39. The Labute approximate surface area is 166 Å². The van der Waals surface area contributed by atoms with Crippen LogP contribution in [0.4, 0.5) is 0 Å². The molecule has 2 aliphatic rings. The zero-order chi connectivity index (χ0) is 20.3. The van der Waals surface area contributed by atoms with Gasteiger partial charge in [0, 0.05) is 18.7 Å². The molecule has 7 nitrogen and oxygen atoms in total. The lowest BCUT2D eigenvalue weighted by molar-refractivity contribution is -0.138. The molecule has 1 unspecified atom stereocenters. The van der Waals surface area contributed by atoms with Crippen molar-refractivity contribution in [1.82, 2.24) is 9.80 Å². The molecule has 2 N–H and O–H groups in total. The van der Waals surface area contributed by atoms with Gasteiger partial charge in [0.2, 0.25) is 11.8 Å². The number of benzene rings is 1. The third-order valence-corrected chi connectivity index (χ3v) is 6.42. The van der Waals surface area contributed by atoms with Crippen molar-refractivity contribution in [2.24, 2.45) is 11.1 Å². The molecule has 0 saturated carbocycles.